The van der Waals surface area contributed by atoms with Crippen LogP contribution in [0.3, 0.4) is 0 Å². The quantitative estimate of drug-likeness (QED) is 0.441. The van der Waals surface area contributed by atoms with Crippen molar-refractivity contribution in [3.63, 3.8) is 0 Å². The molecule has 1 fully saturated rings. The van der Waals surface area contributed by atoms with E-state index >= 15 is 0 Å². The molecule has 0 aliphatic carbocycles. The largest absolute Gasteiger partial charge is 0.474 e. The molecule has 1 aliphatic rings. The predicted molar refractivity (Wildman–Crippen MR) is 109 cm³/mol. The molecule has 0 radical (unpaired) electrons. The number of rotatable bonds is 6. The Morgan fingerprint density at radius 1 is 1.45 bits per heavy atom. The van der Waals surface area contributed by atoms with E-state index in [1.165, 1.54) is 36.3 Å². The number of amides is 1. The number of carbonyl (C=O) groups excluding carboxylic acids is 2. The standard InChI is InChI=1S/C20H18FN3O4S/c1-27-19(29)23-11-15-12-24(20(26)28-15)14-6-7-16(17(21)10-14)18(25)8-5-13-4-2-3-9-22-13/h2-10,15H,11-12H2,1H3,(H,23,29)/b8-5+/t15-/m0/s1. The van der Waals surface area contributed by atoms with Crippen LogP contribution in [0.5, 0.6) is 0 Å². The third-order valence-corrected chi connectivity index (χ3v) is 4.47. The molecule has 1 atom stereocenters. The van der Waals surface area contributed by atoms with E-state index < -0.39 is 23.8 Å². The van der Waals surface area contributed by atoms with E-state index in [4.69, 9.17) is 21.7 Å². The summed E-state index contributed by atoms with van der Waals surface area (Å²) in [6, 6.07) is 9.25. The Bertz CT molecular complexity index is 952. The Hall–Kier alpha value is -3.33. The van der Waals surface area contributed by atoms with Crippen LogP contribution < -0.4 is 10.2 Å². The number of methoxy groups -OCH3 is 1. The molecule has 2 aromatic rings. The van der Waals surface area contributed by atoms with Gasteiger partial charge in [-0.3, -0.25) is 14.7 Å². The Morgan fingerprint density at radius 3 is 2.97 bits per heavy atom. The number of hydrogen-bond acceptors (Lipinski definition) is 6. The number of aromatic nitrogens is 1. The molecule has 1 aliphatic heterocycles. The lowest BCUT2D eigenvalue weighted by Gasteiger charge is -2.14. The average Bonchev–Trinajstić information content (AvgIpc) is 3.11. The number of nitrogens with zero attached hydrogens (tertiary/aromatic N) is 2. The Kier molecular flexibility index (Phi) is 6.50. The van der Waals surface area contributed by atoms with Crippen LogP contribution in [0.25, 0.3) is 6.08 Å². The third-order valence-electron chi connectivity index (χ3n) is 4.16. The highest BCUT2D eigenvalue weighted by Crippen LogP contribution is 2.24. The summed E-state index contributed by atoms with van der Waals surface area (Å²) in [6.07, 6.45) is 3.29. The second-order valence-electron chi connectivity index (χ2n) is 6.11. The molecule has 1 amide bonds. The van der Waals surface area contributed by atoms with E-state index in [9.17, 15) is 14.0 Å². The molecule has 0 spiro atoms. The maximum Gasteiger partial charge on any atom is 0.414 e. The van der Waals surface area contributed by atoms with Gasteiger partial charge in [-0.15, -0.1) is 0 Å². The first kappa shape index (κ1) is 20.4. The zero-order chi connectivity index (χ0) is 20.8. The molecular weight excluding hydrogens is 397 g/mol. The molecule has 1 aromatic carbocycles. The number of carbonyl (C=O) groups is 2. The lowest BCUT2D eigenvalue weighted by atomic mass is 10.1. The molecule has 0 unspecified atom stereocenters. The molecular formula is C20H18FN3O4S. The fourth-order valence-corrected chi connectivity index (χ4v) is 2.79. The summed E-state index contributed by atoms with van der Waals surface area (Å²) in [4.78, 5) is 29.7. The van der Waals surface area contributed by atoms with Gasteiger partial charge in [0.2, 0.25) is 0 Å². The zero-order valence-electron chi connectivity index (χ0n) is 15.5. The monoisotopic (exact) mass is 415 g/mol. The molecule has 9 heteroatoms. The number of thiocarbonyl (C=S) groups is 1. The van der Waals surface area contributed by atoms with Gasteiger partial charge in [0, 0.05) is 6.20 Å². The van der Waals surface area contributed by atoms with Crippen molar-refractivity contribution in [2.24, 2.45) is 0 Å². The summed E-state index contributed by atoms with van der Waals surface area (Å²) in [6.45, 7) is 0.483. The highest BCUT2D eigenvalue weighted by Gasteiger charge is 2.32. The van der Waals surface area contributed by atoms with Gasteiger partial charge in [0.1, 0.15) is 11.9 Å². The van der Waals surface area contributed by atoms with Crippen LogP contribution in [0, 0.1) is 5.82 Å². The number of benzene rings is 1. The molecule has 29 heavy (non-hydrogen) atoms. The molecule has 150 valence electrons. The van der Waals surface area contributed by atoms with Crippen molar-refractivity contribution >= 4 is 41.0 Å². The maximum atomic E-state index is 14.5. The number of ether oxygens (including phenoxy) is 2. The summed E-state index contributed by atoms with van der Waals surface area (Å²) in [7, 11) is 1.43. The van der Waals surface area contributed by atoms with E-state index in [0.717, 1.165) is 6.07 Å². The minimum absolute atomic E-state index is 0.0999. The molecule has 1 aromatic heterocycles. The van der Waals surface area contributed by atoms with Crippen molar-refractivity contribution in [1.82, 2.24) is 10.3 Å². The zero-order valence-corrected chi connectivity index (χ0v) is 16.3. The molecule has 7 nitrogen and oxygen atoms in total. The first-order valence-corrected chi connectivity index (χ1v) is 9.11. The topological polar surface area (TPSA) is 80.8 Å². The van der Waals surface area contributed by atoms with Gasteiger partial charge < -0.3 is 14.8 Å². The number of hydrogen-bond donors (Lipinski definition) is 1. The van der Waals surface area contributed by atoms with Crippen molar-refractivity contribution < 1.29 is 23.5 Å². The van der Waals surface area contributed by atoms with Crippen LogP contribution >= 0.6 is 12.2 Å². The van der Waals surface area contributed by atoms with Crippen molar-refractivity contribution in [3.8, 4) is 0 Å². The number of cyclic esters (lactones) is 1. The second kappa shape index (κ2) is 9.24. The fraction of sp³-hybridized carbons (Fsp3) is 0.200. The first-order chi connectivity index (χ1) is 14.0. The number of allylic oxidation sites excluding steroid dienone is 1. The van der Waals surface area contributed by atoms with E-state index in [1.807, 2.05) is 0 Å². The van der Waals surface area contributed by atoms with Crippen molar-refractivity contribution in [1.29, 1.82) is 0 Å². The van der Waals surface area contributed by atoms with Gasteiger partial charge in [-0.25, -0.2) is 9.18 Å². The van der Waals surface area contributed by atoms with Crippen LogP contribution in [-0.4, -0.2) is 48.3 Å². The smallest absolute Gasteiger partial charge is 0.414 e. The second-order valence-corrected chi connectivity index (χ2v) is 6.48. The minimum atomic E-state index is -0.729. The molecule has 1 saturated heterocycles. The number of pyridine rings is 1. The number of ketones is 1. The van der Waals surface area contributed by atoms with Gasteiger partial charge in [-0.2, -0.15) is 0 Å². The van der Waals surface area contributed by atoms with Crippen LogP contribution in [-0.2, 0) is 9.47 Å². The molecule has 1 N–H and O–H groups in total. The number of anilines is 1. The van der Waals surface area contributed by atoms with Gasteiger partial charge in [-0.05, 0) is 54.7 Å². The summed E-state index contributed by atoms with van der Waals surface area (Å²) in [5.74, 6) is -1.23. The normalized spacial score (nSPS) is 16.0. The highest BCUT2D eigenvalue weighted by atomic mass is 32.1. The molecule has 3 rings (SSSR count). The third kappa shape index (κ3) is 5.14. The van der Waals surface area contributed by atoms with Crippen molar-refractivity contribution in [2.45, 2.75) is 6.10 Å². The Balaban J connectivity index is 1.67. The predicted octanol–water partition coefficient (Wildman–Crippen LogP) is 2.96. The van der Waals surface area contributed by atoms with Gasteiger partial charge in [0.05, 0.1) is 37.1 Å². The summed E-state index contributed by atoms with van der Waals surface area (Å²) in [5, 5.41) is 2.99. The van der Waals surface area contributed by atoms with Gasteiger partial charge in [0.25, 0.3) is 5.17 Å². The number of nitrogens with one attached hydrogen (secondary N) is 1. The molecule has 0 bridgehead atoms. The van der Waals surface area contributed by atoms with Gasteiger partial charge in [0.15, 0.2) is 5.78 Å². The fourth-order valence-electron chi connectivity index (χ4n) is 2.71. The van der Waals surface area contributed by atoms with E-state index in [0.29, 0.717) is 11.4 Å². The molecule has 2 heterocycles. The Labute approximate surface area is 172 Å². The van der Waals surface area contributed by atoms with Crippen LogP contribution in [0.15, 0.2) is 48.7 Å². The highest BCUT2D eigenvalue weighted by molar-refractivity contribution is 7.80. The first-order valence-electron chi connectivity index (χ1n) is 8.71. The lowest BCUT2D eigenvalue weighted by Crippen LogP contribution is -2.34. The lowest BCUT2D eigenvalue weighted by molar-refractivity contribution is 0.104. The number of halogens is 1. The average molecular weight is 415 g/mol. The maximum absolute atomic E-state index is 14.5. The van der Waals surface area contributed by atoms with Crippen LogP contribution in [0.4, 0.5) is 14.9 Å². The summed E-state index contributed by atoms with van der Waals surface area (Å²) < 4.78 is 24.6. The summed E-state index contributed by atoms with van der Waals surface area (Å²) >= 11 is 4.87. The molecule has 0 saturated carbocycles. The van der Waals surface area contributed by atoms with Gasteiger partial charge in [-0.1, -0.05) is 6.07 Å². The van der Waals surface area contributed by atoms with E-state index in [1.54, 1.807) is 24.4 Å². The van der Waals surface area contributed by atoms with Gasteiger partial charge >= 0.3 is 6.09 Å². The van der Waals surface area contributed by atoms with Crippen LogP contribution in [0.2, 0.25) is 0 Å². The van der Waals surface area contributed by atoms with Crippen molar-refractivity contribution in [3.05, 3.63) is 65.7 Å². The van der Waals surface area contributed by atoms with Crippen molar-refractivity contribution in [2.75, 3.05) is 25.1 Å². The summed E-state index contributed by atoms with van der Waals surface area (Å²) in [5.41, 5.74) is 0.789. The van der Waals surface area contributed by atoms with E-state index in [2.05, 4.69) is 10.3 Å². The minimum Gasteiger partial charge on any atom is -0.474 e. The van der Waals surface area contributed by atoms with E-state index in [-0.39, 0.29) is 23.8 Å². The SMILES string of the molecule is COC(=S)NC[C@H]1CN(c2ccc(C(=O)/C=C/c3ccccn3)c(F)c2)C(=O)O1. The van der Waals surface area contributed by atoms with Crippen LogP contribution in [0.1, 0.15) is 16.1 Å². The Morgan fingerprint density at radius 2 is 2.28 bits per heavy atom.